The second-order valence-electron chi connectivity index (χ2n) is 5.73. The number of amides is 1. The summed E-state index contributed by atoms with van der Waals surface area (Å²) in [6.45, 7) is 1.59. The highest BCUT2D eigenvalue weighted by Crippen LogP contribution is 2.26. The van der Waals surface area contributed by atoms with Crippen LogP contribution in [0.3, 0.4) is 0 Å². The van der Waals surface area contributed by atoms with Gasteiger partial charge < -0.3 is 10.1 Å². The van der Waals surface area contributed by atoms with E-state index in [1.807, 2.05) is 0 Å². The molecule has 26 heavy (non-hydrogen) atoms. The summed E-state index contributed by atoms with van der Waals surface area (Å²) in [6.07, 6.45) is 3.02. The molecule has 2 aromatic rings. The number of benzene rings is 1. The second-order valence-corrected chi connectivity index (χ2v) is 6.76. The van der Waals surface area contributed by atoms with Crippen molar-refractivity contribution in [1.82, 2.24) is 10.3 Å². The maximum atomic E-state index is 12.6. The number of esters is 1. The number of ether oxygens (including phenoxy) is 1. The Kier molecular flexibility index (Phi) is 6.16. The molecule has 0 bridgehead atoms. The highest BCUT2D eigenvalue weighted by molar-refractivity contribution is 7.19. The zero-order valence-corrected chi connectivity index (χ0v) is 15.1. The Bertz CT molecular complexity index is 774. The lowest BCUT2D eigenvalue weighted by atomic mass is 9.98. The van der Waals surface area contributed by atoms with Crippen LogP contribution >= 0.6 is 11.3 Å². The number of hydrogen-bond donors (Lipinski definition) is 3. The third kappa shape index (κ3) is 4.57. The van der Waals surface area contributed by atoms with Crippen molar-refractivity contribution in [2.45, 2.75) is 12.8 Å². The normalized spacial score (nSPS) is 14.7. The van der Waals surface area contributed by atoms with Crippen LogP contribution < -0.4 is 20.9 Å². The fourth-order valence-electron chi connectivity index (χ4n) is 2.64. The van der Waals surface area contributed by atoms with Crippen LogP contribution in [0, 0.1) is 5.92 Å². The number of rotatable bonds is 6. The molecule has 0 unspecified atom stereocenters. The van der Waals surface area contributed by atoms with Crippen LogP contribution in [0.1, 0.15) is 23.2 Å². The number of carbonyl (C=O) groups excluding carboxylic acids is 2. The Hall–Kier alpha value is -2.49. The van der Waals surface area contributed by atoms with Crippen molar-refractivity contribution in [2.24, 2.45) is 5.92 Å². The van der Waals surface area contributed by atoms with Gasteiger partial charge in [-0.25, -0.2) is 4.98 Å². The molecule has 0 spiro atoms. The summed E-state index contributed by atoms with van der Waals surface area (Å²) in [5.41, 5.74) is 2.93. The summed E-state index contributed by atoms with van der Waals surface area (Å²) in [6, 6.07) is 6.68. The standard InChI is InChI=1S/C17H20N4O4S/c1-24-21-14-10-19-17(26-14)20-15(22)12-4-2-3-5-13(12)25-16(23)11-6-8-18-9-7-11/h2-5,10-11,18,21H,6-9H2,1H3,(H,19,20,22). The molecular weight excluding hydrogens is 356 g/mol. The van der Waals surface area contributed by atoms with Gasteiger partial charge in [-0.3, -0.25) is 25.2 Å². The number of piperidine rings is 1. The Morgan fingerprint density at radius 2 is 2.04 bits per heavy atom. The van der Waals surface area contributed by atoms with E-state index >= 15 is 0 Å². The van der Waals surface area contributed by atoms with Crippen LogP contribution in [0.4, 0.5) is 10.1 Å². The third-order valence-electron chi connectivity index (χ3n) is 3.94. The molecule has 3 rings (SSSR count). The molecule has 1 aromatic heterocycles. The van der Waals surface area contributed by atoms with E-state index in [1.54, 1.807) is 30.5 Å². The van der Waals surface area contributed by atoms with Crippen molar-refractivity contribution in [1.29, 1.82) is 0 Å². The van der Waals surface area contributed by atoms with Gasteiger partial charge in [-0.1, -0.05) is 23.5 Å². The highest BCUT2D eigenvalue weighted by Gasteiger charge is 2.24. The smallest absolute Gasteiger partial charge is 0.314 e. The second kappa shape index (κ2) is 8.75. The van der Waals surface area contributed by atoms with E-state index < -0.39 is 5.91 Å². The van der Waals surface area contributed by atoms with Gasteiger partial charge in [0, 0.05) is 0 Å². The van der Waals surface area contributed by atoms with Gasteiger partial charge in [0.1, 0.15) is 10.8 Å². The predicted molar refractivity (Wildman–Crippen MR) is 98.4 cm³/mol. The van der Waals surface area contributed by atoms with Crippen molar-refractivity contribution < 1.29 is 19.2 Å². The molecule has 1 amide bonds. The topological polar surface area (TPSA) is 102 Å². The Morgan fingerprint density at radius 3 is 2.81 bits per heavy atom. The summed E-state index contributed by atoms with van der Waals surface area (Å²) in [5.74, 6) is -0.584. The number of nitrogens with zero attached hydrogens (tertiary/aromatic N) is 1. The molecule has 1 aromatic carbocycles. The van der Waals surface area contributed by atoms with Gasteiger partial charge in [0.05, 0.1) is 24.8 Å². The summed E-state index contributed by atoms with van der Waals surface area (Å²) in [7, 11) is 1.49. The monoisotopic (exact) mass is 376 g/mol. The lowest BCUT2D eigenvalue weighted by molar-refractivity contribution is -0.139. The van der Waals surface area contributed by atoms with Gasteiger partial charge in [-0.2, -0.15) is 0 Å². The molecule has 0 atom stereocenters. The minimum absolute atomic E-state index is 0.144. The van der Waals surface area contributed by atoms with Crippen LogP contribution in [0.25, 0.3) is 0 Å². The van der Waals surface area contributed by atoms with Gasteiger partial charge >= 0.3 is 5.97 Å². The first kappa shape index (κ1) is 18.3. The number of nitrogens with one attached hydrogen (secondary N) is 3. The lowest BCUT2D eigenvalue weighted by Gasteiger charge is -2.21. The van der Waals surface area contributed by atoms with Crippen molar-refractivity contribution in [3.63, 3.8) is 0 Å². The molecule has 1 saturated heterocycles. The first-order valence-corrected chi connectivity index (χ1v) is 9.06. The zero-order valence-electron chi connectivity index (χ0n) is 14.3. The first-order chi connectivity index (χ1) is 12.7. The van der Waals surface area contributed by atoms with Crippen molar-refractivity contribution in [2.75, 3.05) is 31.0 Å². The summed E-state index contributed by atoms with van der Waals surface area (Å²) in [5, 5.41) is 6.98. The Balaban J connectivity index is 1.69. The number of thiazole rings is 1. The summed E-state index contributed by atoms with van der Waals surface area (Å²) in [4.78, 5) is 33.8. The molecule has 2 heterocycles. The number of aromatic nitrogens is 1. The van der Waals surface area contributed by atoms with Crippen molar-refractivity contribution >= 4 is 33.3 Å². The average molecular weight is 376 g/mol. The van der Waals surface area contributed by atoms with Crippen LogP contribution in [0.5, 0.6) is 5.75 Å². The number of carbonyl (C=O) groups is 2. The molecule has 1 fully saturated rings. The Labute approximate surface area is 154 Å². The largest absolute Gasteiger partial charge is 0.425 e. The van der Waals surface area contributed by atoms with E-state index in [-0.39, 0.29) is 23.2 Å². The van der Waals surface area contributed by atoms with E-state index in [4.69, 9.17) is 9.57 Å². The van der Waals surface area contributed by atoms with E-state index in [1.165, 1.54) is 18.4 Å². The molecule has 3 N–H and O–H groups in total. The number of anilines is 2. The quantitative estimate of drug-likeness (QED) is 0.404. The van der Waals surface area contributed by atoms with Crippen molar-refractivity contribution in [3.8, 4) is 5.75 Å². The number of hydrogen-bond acceptors (Lipinski definition) is 8. The lowest BCUT2D eigenvalue weighted by Crippen LogP contribution is -2.34. The van der Waals surface area contributed by atoms with Crippen LogP contribution in [-0.4, -0.2) is 37.1 Å². The average Bonchev–Trinajstić information content (AvgIpc) is 3.10. The van der Waals surface area contributed by atoms with Crippen LogP contribution in [-0.2, 0) is 9.63 Å². The van der Waals surface area contributed by atoms with Crippen molar-refractivity contribution in [3.05, 3.63) is 36.0 Å². The minimum Gasteiger partial charge on any atom is -0.425 e. The number of para-hydroxylation sites is 1. The SMILES string of the molecule is CONc1cnc(NC(=O)c2ccccc2OC(=O)C2CCNCC2)s1. The summed E-state index contributed by atoms with van der Waals surface area (Å²) >= 11 is 1.23. The van der Waals surface area contributed by atoms with E-state index in [2.05, 4.69) is 21.1 Å². The fraction of sp³-hybridized carbons (Fsp3) is 0.353. The molecule has 1 aliphatic rings. The molecule has 0 radical (unpaired) electrons. The van der Waals surface area contributed by atoms with Gasteiger partial charge in [-0.15, -0.1) is 0 Å². The molecule has 9 heteroatoms. The van der Waals surface area contributed by atoms with E-state index in [0.29, 0.717) is 10.1 Å². The molecular formula is C17H20N4O4S. The molecule has 0 saturated carbocycles. The minimum atomic E-state index is -0.392. The highest BCUT2D eigenvalue weighted by atomic mass is 32.1. The van der Waals surface area contributed by atoms with Gasteiger partial charge in [0.15, 0.2) is 5.13 Å². The zero-order chi connectivity index (χ0) is 18.4. The molecule has 8 nitrogen and oxygen atoms in total. The maximum Gasteiger partial charge on any atom is 0.314 e. The Morgan fingerprint density at radius 1 is 1.27 bits per heavy atom. The van der Waals surface area contributed by atoms with Gasteiger partial charge in [-0.05, 0) is 38.1 Å². The maximum absolute atomic E-state index is 12.6. The first-order valence-electron chi connectivity index (χ1n) is 8.25. The van der Waals surface area contributed by atoms with Gasteiger partial charge in [0.2, 0.25) is 0 Å². The molecule has 138 valence electrons. The molecule has 0 aliphatic carbocycles. The van der Waals surface area contributed by atoms with Crippen LogP contribution in [0.15, 0.2) is 30.5 Å². The van der Waals surface area contributed by atoms with Crippen LogP contribution in [0.2, 0.25) is 0 Å². The van der Waals surface area contributed by atoms with E-state index in [0.717, 1.165) is 25.9 Å². The molecule has 1 aliphatic heterocycles. The fourth-order valence-corrected chi connectivity index (χ4v) is 3.32. The predicted octanol–water partition coefficient (Wildman–Crippen LogP) is 2.27. The summed E-state index contributed by atoms with van der Waals surface area (Å²) < 4.78 is 5.51. The third-order valence-corrected chi connectivity index (χ3v) is 4.75. The van der Waals surface area contributed by atoms with Gasteiger partial charge in [0.25, 0.3) is 5.91 Å². The van der Waals surface area contributed by atoms with E-state index in [9.17, 15) is 9.59 Å².